The molecule has 2 heterocycles. The maximum absolute atomic E-state index is 12.7. The van der Waals surface area contributed by atoms with E-state index in [0.717, 1.165) is 5.56 Å². The molecule has 1 aliphatic heterocycles. The fourth-order valence-corrected chi connectivity index (χ4v) is 2.92. The van der Waals surface area contributed by atoms with Crippen LogP contribution in [0.5, 0.6) is 0 Å². The lowest BCUT2D eigenvalue weighted by molar-refractivity contribution is -0.136. The van der Waals surface area contributed by atoms with Gasteiger partial charge in [0.25, 0.3) is 0 Å². The van der Waals surface area contributed by atoms with E-state index in [1.165, 1.54) is 0 Å². The van der Waals surface area contributed by atoms with Crippen LogP contribution < -0.4 is 11.1 Å². The Morgan fingerprint density at radius 3 is 2.71 bits per heavy atom. The Hall–Kier alpha value is -2.18. The van der Waals surface area contributed by atoms with E-state index < -0.39 is 5.41 Å². The summed E-state index contributed by atoms with van der Waals surface area (Å²) in [5.74, 6) is 1.12. The molecule has 24 heavy (non-hydrogen) atoms. The van der Waals surface area contributed by atoms with Gasteiger partial charge in [-0.2, -0.15) is 0 Å². The zero-order chi connectivity index (χ0) is 17.0. The number of benzene rings is 1. The molecule has 1 unspecified atom stereocenters. The number of rotatable bonds is 5. The summed E-state index contributed by atoms with van der Waals surface area (Å²) in [5.41, 5.74) is 6.28. The molecular formula is C18H23N3O3. The number of amides is 1. The minimum Gasteiger partial charge on any atom is -0.438 e. The lowest BCUT2D eigenvalue weighted by Gasteiger charge is -2.35. The first-order valence-electron chi connectivity index (χ1n) is 8.24. The van der Waals surface area contributed by atoms with Gasteiger partial charge >= 0.3 is 0 Å². The molecule has 0 radical (unpaired) electrons. The lowest BCUT2D eigenvalue weighted by Crippen LogP contribution is -2.49. The van der Waals surface area contributed by atoms with Crippen LogP contribution in [-0.2, 0) is 9.53 Å². The van der Waals surface area contributed by atoms with Crippen LogP contribution in [0.2, 0.25) is 0 Å². The molecule has 3 N–H and O–H groups in total. The molecule has 1 fully saturated rings. The smallest absolute Gasteiger partial charge is 0.228 e. The van der Waals surface area contributed by atoms with Crippen LogP contribution in [0.25, 0.3) is 11.3 Å². The van der Waals surface area contributed by atoms with Crippen LogP contribution in [0.1, 0.15) is 31.7 Å². The summed E-state index contributed by atoms with van der Waals surface area (Å²) in [7, 11) is 0. The second-order valence-corrected chi connectivity index (χ2v) is 6.22. The maximum atomic E-state index is 12.7. The third-order valence-corrected chi connectivity index (χ3v) is 4.62. The molecule has 0 aliphatic carbocycles. The number of nitrogens with zero attached hydrogens (tertiary/aromatic N) is 1. The predicted octanol–water partition coefficient (Wildman–Crippen LogP) is 2.27. The average molecular weight is 329 g/mol. The van der Waals surface area contributed by atoms with Gasteiger partial charge in [-0.1, -0.05) is 30.3 Å². The fourth-order valence-electron chi connectivity index (χ4n) is 2.92. The van der Waals surface area contributed by atoms with Gasteiger partial charge in [-0.3, -0.25) is 4.79 Å². The summed E-state index contributed by atoms with van der Waals surface area (Å²) in [6.45, 7) is 3.31. The number of ether oxygens (including phenoxy) is 1. The molecule has 128 valence electrons. The zero-order valence-corrected chi connectivity index (χ0v) is 13.8. The van der Waals surface area contributed by atoms with Crippen molar-refractivity contribution in [3.63, 3.8) is 0 Å². The molecule has 1 aliphatic rings. The molecule has 6 nitrogen and oxygen atoms in total. The number of hydrogen-bond donors (Lipinski definition) is 2. The number of nitrogens with one attached hydrogen (secondary N) is 1. The number of oxazole rings is 1. The van der Waals surface area contributed by atoms with Gasteiger partial charge in [0.05, 0.1) is 11.6 Å². The van der Waals surface area contributed by atoms with Crippen LogP contribution >= 0.6 is 0 Å². The SMILES string of the molecule is CC(NC(=O)C1(CN)CCOCC1)c1ncc(-c2ccccc2)o1. The third-order valence-electron chi connectivity index (χ3n) is 4.62. The van der Waals surface area contributed by atoms with Crippen molar-refractivity contribution in [3.05, 3.63) is 42.4 Å². The second-order valence-electron chi connectivity index (χ2n) is 6.22. The number of aromatic nitrogens is 1. The minimum atomic E-state index is -0.554. The molecule has 0 bridgehead atoms. The van der Waals surface area contributed by atoms with Crippen LogP contribution in [0.15, 0.2) is 40.9 Å². The van der Waals surface area contributed by atoms with E-state index in [2.05, 4.69) is 10.3 Å². The number of carbonyl (C=O) groups excluding carboxylic acids is 1. The maximum Gasteiger partial charge on any atom is 0.228 e. The molecular weight excluding hydrogens is 306 g/mol. The molecule has 0 spiro atoms. The molecule has 1 atom stereocenters. The first-order chi connectivity index (χ1) is 11.6. The highest BCUT2D eigenvalue weighted by Crippen LogP contribution is 2.31. The van der Waals surface area contributed by atoms with Crippen LogP contribution in [0.4, 0.5) is 0 Å². The Morgan fingerprint density at radius 1 is 1.33 bits per heavy atom. The topological polar surface area (TPSA) is 90.4 Å². The molecule has 2 aromatic rings. The van der Waals surface area contributed by atoms with E-state index in [9.17, 15) is 4.79 Å². The summed E-state index contributed by atoms with van der Waals surface area (Å²) in [4.78, 5) is 17.0. The highest BCUT2D eigenvalue weighted by Gasteiger charge is 2.39. The van der Waals surface area contributed by atoms with Gasteiger partial charge in [-0.15, -0.1) is 0 Å². The Bertz CT molecular complexity index is 678. The molecule has 1 amide bonds. The van der Waals surface area contributed by atoms with Gasteiger partial charge in [0.15, 0.2) is 5.76 Å². The summed E-state index contributed by atoms with van der Waals surface area (Å²) in [6.07, 6.45) is 2.96. The lowest BCUT2D eigenvalue weighted by atomic mass is 9.79. The first-order valence-corrected chi connectivity index (χ1v) is 8.24. The van der Waals surface area contributed by atoms with Crippen LogP contribution in [0, 0.1) is 5.41 Å². The highest BCUT2D eigenvalue weighted by atomic mass is 16.5. The zero-order valence-electron chi connectivity index (χ0n) is 13.8. The summed E-state index contributed by atoms with van der Waals surface area (Å²) in [6, 6.07) is 9.43. The van der Waals surface area contributed by atoms with E-state index in [1.54, 1.807) is 6.20 Å². The fraction of sp³-hybridized carbons (Fsp3) is 0.444. The van der Waals surface area contributed by atoms with Gasteiger partial charge in [0.1, 0.15) is 6.04 Å². The highest BCUT2D eigenvalue weighted by molar-refractivity contribution is 5.83. The number of nitrogens with two attached hydrogens (primary N) is 1. The summed E-state index contributed by atoms with van der Waals surface area (Å²) in [5, 5.41) is 2.99. The predicted molar refractivity (Wildman–Crippen MR) is 90.0 cm³/mol. The van der Waals surface area contributed by atoms with Gasteiger partial charge in [-0.25, -0.2) is 4.98 Å². The van der Waals surface area contributed by atoms with Crippen molar-refractivity contribution in [2.24, 2.45) is 11.1 Å². The number of carbonyl (C=O) groups is 1. The average Bonchev–Trinajstić information content (AvgIpc) is 3.13. The van der Waals surface area contributed by atoms with Crippen molar-refractivity contribution in [1.82, 2.24) is 10.3 Å². The molecule has 3 rings (SSSR count). The standard InChI is InChI=1S/C18H23N3O3/c1-13(21-17(22)18(12-19)7-9-23-10-8-18)16-20-11-15(24-16)14-5-3-2-4-6-14/h2-6,11,13H,7-10,12,19H2,1H3,(H,21,22). The van der Waals surface area contributed by atoms with E-state index >= 15 is 0 Å². The largest absolute Gasteiger partial charge is 0.438 e. The van der Waals surface area contributed by atoms with Crippen molar-refractivity contribution in [1.29, 1.82) is 0 Å². The first kappa shape index (κ1) is 16.7. The normalized spacial score (nSPS) is 18.1. The molecule has 1 saturated heterocycles. The molecule has 1 aromatic carbocycles. The van der Waals surface area contributed by atoms with Crippen molar-refractivity contribution in [3.8, 4) is 11.3 Å². The Morgan fingerprint density at radius 2 is 2.04 bits per heavy atom. The quantitative estimate of drug-likeness (QED) is 0.878. The van der Waals surface area contributed by atoms with Crippen LogP contribution in [0.3, 0.4) is 0 Å². The number of hydrogen-bond acceptors (Lipinski definition) is 5. The third kappa shape index (κ3) is 3.34. The summed E-state index contributed by atoms with van der Waals surface area (Å²) < 4.78 is 11.2. The second kappa shape index (κ2) is 7.15. The van der Waals surface area contributed by atoms with Gasteiger partial charge in [0.2, 0.25) is 11.8 Å². The van der Waals surface area contributed by atoms with Crippen LogP contribution in [-0.4, -0.2) is 30.6 Å². The Labute approximate surface area is 141 Å². The minimum absolute atomic E-state index is 0.0553. The van der Waals surface area contributed by atoms with E-state index in [0.29, 0.717) is 44.3 Å². The van der Waals surface area contributed by atoms with Crippen molar-refractivity contribution >= 4 is 5.91 Å². The van der Waals surface area contributed by atoms with Gasteiger partial charge < -0.3 is 20.2 Å². The van der Waals surface area contributed by atoms with Crippen molar-refractivity contribution < 1.29 is 13.9 Å². The van der Waals surface area contributed by atoms with Gasteiger partial charge in [0, 0.05) is 25.3 Å². The monoisotopic (exact) mass is 329 g/mol. The Balaban J connectivity index is 1.70. The Kier molecular flexibility index (Phi) is 4.97. The van der Waals surface area contributed by atoms with E-state index in [-0.39, 0.29) is 11.9 Å². The van der Waals surface area contributed by atoms with Crippen molar-refractivity contribution in [2.45, 2.75) is 25.8 Å². The van der Waals surface area contributed by atoms with Gasteiger partial charge in [-0.05, 0) is 19.8 Å². The van der Waals surface area contributed by atoms with E-state index in [4.69, 9.17) is 14.9 Å². The summed E-state index contributed by atoms with van der Waals surface area (Å²) >= 11 is 0. The molecule has 0 saturated carbocycles. The molecule has 6 heteroatoms. The van der Waals surface area contributed by atoms with Crippen molar-refractivity contribution in [2.75, 3.05) is 19.8 Å². The molecule has 1 aromatic heterocycles. The van der Waals surface area contributed by atoms with E-state index in [1.807, 2.05) is 37.3 Å².